The first-order valence-corrected chi connectivity index (χ1v) is 7.83. The lowest BCUT2D eigenvalue weighted by atomic mass is 10.3. The van der Waals surface area contributed by atoms with Gasteiger partial charge < -0.3 is 10.5 Å². The first-order valence-electron chi connectivity index (χ1n) is 6.02. The summed E-state index contributed by atoms with van der Waals surface area (Å²) in [4.78, 5) is 11.4. The van der Waals surface area contributed by atoms with Gasteiger partial charge in [-0.3, -0.25) is 0 Å². The van der Waals surface area contributed by atoms with Crippen molar-refractivity contribution in [3.8, 4) is 0 Å². The van der Waals surface area contributed by atoms with Crippen LogP contribution in [-0.2, 0) is 14.8 Å². The number of ether oxygens (including phenoxy) is 1. The summed E-state index contributed by atoms with van der Waals surface area (Å²) in [5.41, 5.74) is 5.90. The van der Waals surface area contributed by atoms with Crippen LogP contribution in [0.2, 0.25) is 5.02 Å². The van der Waals surface area contributed by atoms with Crippen molar-refractivity contribution in [2.24, 2.45) is 0 Å². The lowest BCUT2D eigenvalue weighted by Crippen LogP contribution is -2.13. The first-order chi connectivity index (χ1) is 9.86. The van der Waals surface area contributed by atoms with Crippen LogP contribution in [0, 0.1) is 0 Å². The molecule has 2 rings (SSSR count). The number of esters is 1. The van der Waals surface area contributed by atoms with Crippen LogP contribution >= 0.6 is 11.6 Å². The van der Waals surface area contributed by atoms with Gasteiger partial charge in [-0.25, -0.2) is 17.2 Å². The molecule has 21 heavy (non-hydrogen) atoms. The maximum atomic E-state index is 12.5. The van der Waals surface area contributed by atoms with E-state index in [9.17, 15) is 13.2 Å². The highest BCUT2D eigenvalue weighted by Crippen LogP contribution is 2.25. The molecule has 2 aromatic rings. The third-order valence-corrected chi connectivity index (χ3v) is 4.64. The molecule has 0 aliphatic carbocycles. The SMILES string of the molecule is CCOC(=O)c1ccn(S(=O)(=O)c2cc(Cl)ccc2N)c1. The number of halogens is 1. The highest BCUT2D eigenvalue weighted by molar-refractivity contribution is 7.90. The Balaban J connectivity index is 2.45. The number of aromatic nitrogens is 1. The molecule has 0 atom stereocenters. The number of rotatable bonds is 4. The molecule has 1 aromatic carbocycles. The van der Waals surface area contributed by atoms with Crippen LogP contribution in [0.1, 0.15) is 17.3 Å². The average molecular weight is 329 g/mol. The molecular weight excluding hydrogens is 316 g/mol. The predicted octanol–water partition coefficient (Wildman–Crippen LogP) is 2.14. The van der Waals surface area contributed by atoms with Crippen molar-refractivity contribution in [1.82, 2.24) is 3.97 Å². The molecule has 1 aromatic heterocycles. The third-order valence-electron chi connectivity index (χ3n) is 2.71. The van der Waals surface area contributed by atoms with Gasteiger partial charge in [0.15, 0.2) is 0 Å². The van der Waals surface area contributed by atoms with E-state index in [4.69, 9.17) is 22.1 Å². The number of carbonyl (C=O) groups is 1. The second-order valence-corrected chi connectivity index (χ2v) is 6.39. The Labute approximate surface area is 127 Å². The lowest BCUT2D eigenvalue weighted by molar-refractivity contribution is 0.0526. The van der Waals surface area contributed by atoms with Gasteiger partial charge in [0.05, 0.1) is 17.9 Å². The van der Waals surface area contributed by atoms with E-state index < -0.39 is 16.0 Å². The second kappa shape index (κ2) is 5.79. The number of carbonyl (C=O) groups excluding carboxylic acids is 1. The number of benzene rings is 1. The van der Waals surface area contributed by atoms with E-state index >= 15 is 0 Å². The van der Waals surface area contributed by atoms with Crippen LogP contribution in [0.5, 0.6) is 0 Å². The van der Waals surface area contributed by atoms with Crippen molar-refractivity contribution >= 4 is 33.3 Å². The van der Waals surface area contributed by atoms with Crippen molar-refractivity contribution in [3.05, 3.63) is 47.2 Å². The Morgan fingerprint density at radius 2 is 2.10 bits per heavy atom. The zero-order valence-electron chi connectivity index (χ0n) is 11.1. The van der Waals surface area contributed by atoms with Crippen LogP contribution < -0.4 is 5.73 Å². The fraction of sp³-hybridized carbons (Fsp3) is 0.154. The molecule has 1 heterocycles. The van der Waals surface area contributed by atoms with E-state index in [2.05, 4.69) is 0 Å². The fourth-order valence-electron chi connectivity index (χ4n) is 1.71. The van der Waals surface area contributed by atoms with Gasteiger partial charge in [0.1, 0.15) is 4.90 Å². The third kappa shape index (κ3) is 3.03. The summed E-state index contributed by atoms with van der Waals surface area (Å²) >= 11 is 5.80. The van der Waals surface area contributed by atoms with Gasteiger partial charge >= 0.3 is 5.97 Å². The van der Waals surface area contributed by atoms with Crippen LogP contribution in [-0.4, -0.2) is 25.0 Å². The van der Waals surface area contributed by atoms with Crippen molar-refractivity contribution in [2.45, 2.75) is 11.8 Å². The van der Waals surface area contributed by atoms with Crippen molar-refractivity contribution in [3.63, 3.8) is 0 Å². The zero-order chi connectivity index (χ0) is 15.6. The summed E-state index contributed by atoms with van der Waals surface area (Å²) in [5.74, 6) is -0.592. The summed E-state index contributed by atoms with van der Waals surface area (Å²) in [6.07, 6.45) is 2.43. The van der Waals surface area contributed by atoms with E-state index in [1.165, 1.54) is 36.7 Å². The monoisotopic (exact) mass is 328 g/mol. The number of hydrogen-bond donors (Lipinski definition) is 1. The van der Waals surface area contributed by atoms with Gasteiger partial charge in [0.2, 0.25) is 0 Å². The number of nitrogens with two attached hydrogens (primary N) is 1. The standard InChI is InChI=1S/C13H13ClN2O4S/c1-2-20-13(17)9-5-6-16(8-9)21(18,19)12-7-10(14)3-4-11(12)15/h3-8H,2,15H2,1H3. The molecular formula is C13H13ClN2O4S. The highest BCUT2D eigenvalue weighted by Gasteiger charge is 2.21. The smallest absolute Gasteiger partial charge is 0.339 e. The average Bonchev–Trinajstić information content (AvgIpc) is 2.92. The van der Waals surface area contributed by atoms with Crippen LogP contribution in [0.3, 0.4) is 0 Å². The van der Waals surface area contributed by atoms with Gasteiger partial charge in [-0.1, -0.05) is 11.6 Å². The summed E-state index contributed by atoms with van der Waals surface area (Å²) in [6.45, 7) is 1.87. The van der Waals surface area contributed by atoms with Gasteiger partial charge in [-0.2, -0.15) is 0 Å². The summed E-state index contributed by atoms with van der Waals surface area (Å²) in [7, 11) is -3.92. The Kier molecular flexibility index (Phi) is 4.24. The van der Waals surface area contributed by atoms with Gasteiger partial charge in [-0.05, 0) is 31.2 Å². The molecule has 0 aliphatic heterocycles. The summed E-state index contributed by atoms with van der Waals surface area (Å²) in [6, 6.07) is 5.52. The minimum Gasteiger partial charge on any atom is -0.462 e. The molecule has 0 saturated carbocycles. The van der Waals surface area contributed by atoms with Gasteiger partial charge in [-0.15, -0.1) is 0 Å². The first kappa shape index (κ1) is 15.4. The largest absolute Gasteiger partial charge is 0.462 e. The minimum atomic E-state index is -3.92. The molecule has 112 valence electrons. The van der Waals surface area contributed by atoms with Gasteiger partial charge in [0, 0.05) is 17.4 Å². The summed E-state index contributed by atoms with van der Waals surface area (Å²) < 4.78 is 30.7. The molecule has 0 bridgehead atoms. The van der Waals surface area contributed by atoms with E-state index in [1.807, 2.05) is 0 Å². The maximum absolute atomic E-state index is 12.5. The fourth-order valence-corrected chi connectivity index (χ4v) is 3.29. The second-order valence-electron chi connectivity index (χ2n) is 4.14. The summed E-state index contributed by atoms with van der Waals surface area (Å²) in [5, 5.41) is 0.251. The normalized spacial score (nSPS) is 11.3. The van der Waals surface area contributed by atoms with Crippen LogP contribution in [0.4, 0.5) is 5.69 Å². The molecule has 0 aliphatic rings. The van der Waals surface area contributed by atoms with E-state index in [-0.39, 0.29) is 27.8 Å². The Morgan fingerprint density at radius 3 is 2.76 bits per heavy atom. The van der Waals surface area contributed by atoms with E-state index in [0.29, 0.717) is 0 Å². The predicted molar refractivity (Wildman–Crippen MR) is 78.8 cm³/mol. The molecule has 0 saturated heterocycles. The molecule has 0 fully saturated rings. The Morgan fingerprint density at radius 1 is 1.38 bits per heavy atom. The Hall–Kier alpha value is -1.99. The minimum absolute atomic E-state index is 0.0748. The number of anilines is 1. The zero-order valence-corrected chi connectivity index (χ0v) is 12.7. The molecule has 0 radical (unpaired) electrons. The quantitative estimate of drug-likeness (QED) is 0.685. The number of nitrogen functional groups attached to an aromatic ring is 1. The molecule has 0 spiro atoms. The number of nitrogens with zero attached hydrogens (tertiary/aromatic N) is 1. The molecule has 8 heteroatoms. The number of hydrogen-bond acceptors (Lipinski definition) is 5. The molecule has 2 N–H and O–H groups in total. The molecule has 6 nitrogen and oxygen atoms in total. The Bertz CT molecular complexity index is 783. The van der Waals surface area contributed by atoms with E-state index in [1.54, 1.807) is 6.92 Å². The highest BCUT2D eigenvalue weighted by atomic mass is 35.5. The van der Waals surface area contributed by atoms with E-state index in [0.717, 1.165) is 3.97 Å². The molecule has 0 unspecified atom stereocenters. The molecule has 0 amide bonds. The van der Waals surface area contributed by atoms with Crippen LogP contribution in [0.15, 0.2) is 41.6 Å². The van der Waals surface area contributed by atoms with Gasteiger partial charge in [0.25, 0.3) is 10.0 Å². The van der Waals surface area contributed by atoms with Crippen molar-refractivity contribution in [1.29, 1.82) is 0 Å². The lowest BCUT2D eigenvalue weighted by Gasteiger charge is -2.08. The van der Waals surface area contributed by atoms with Crippen LogP contribution in [0.25, 0.3) is 0 Å². The maximum Gasteiger partial charge on any atom is 0.339 e. The van der Waals surface area contributed by atoms with Crippen molar-refractivity contribution < 1.29 is 17.9 Å². The van der Waals surface area contributed by atoms with Crippen molar-refractivity contribution in [2.75, 3.05) is 12.3 Å². The topological polar surface area (TPSA) is 91.4 Å².